The van der Waals surface area contributed by atoms with Crippen LogP contribution >= 0.6 is 0 Å². The third-order valence-electron chi connectivity index (χ3n) is 6.24. The molecule has 2 fully saturated rings. The highest BCUT2D eigenvalue weighted by Gasteiger charge is 2.35. The molecule has 2 heterocycles. The summed E-state index contributed by atoms with van der Waals surface area (Å²) in [5, 5.41) is 14.8. The Bertz CT molecular complexity index is 1170. The van der Waals surface area contributed by atoms with Crippen LogP contribution in [-0.2, 0) is 9.59 Å². The molecule has 35 heavy (non-hydrogen) atoms. The van der Waals surface area contributed by atoms with Crippen molar-refractivity contribution in [2.75, 3.05) is 6.54 Å². The van der Waals surface area contributed by atoms with E-state index < -0.39 is 35.8 Å². The molecule has 1 aromatic carbocycles. The number of carbonyl (C=O) groups excluding carboxylic acids is 3. The van der Waals surface area contributed by atoms with Crippen molar-refractivity contribution in [2.24, 2.45) is 17.8 Å². The second kappa shape index (κ2) is 9.93. The van der Waals surface area contributed by atoms with E-state index in [1.807, 2.05) is 6.07 Å². The number of rotatable bonds is 10. The predicted octanol–water partition coefficient (Wildman–Crippen LogP) is 2.99. The first kappa shape index (κ1) is 24.5. The fourth-order valence-corrected chi connectivity index (χ4v) is 4.29. The number of H-pyrrole nitrogens is 1. The summed E-state index contributed by atoms with van der Waals surface area (Å²) in [7, 11) is 0. The molecule has 3 N–H and O–H groups in total. The van der Waals surface area contributed by atoms with Crippen LogP contribution in [0, 0.1) is 29.1 Å². The summed E-state index contributed by atoms with van der Waals surface area (Å²) in [6.07, 6.45) is -2.05. The SMILES string of the molecule is N#CC(CC1CCNC1=O)NC(=O)C(CC(=O)c1nc2c(OC(F)(F)F)cccc2[nH]1)CC1CC1. The third kappa shape index (κ3) is 6.29. The molecule has 186 valence electrons. The topological polar surface area (TPSA) is 137 Å². The summed E-state index contributed by atoms with van der Waals surface area (Å²) in [4.78, 5) is 44.5. The van der Waals surface area contributed by atoms with Crippen LogP contribution in [0.25, 0.3) is 11.0 Å². The number of nitrogens with zero attached hydrogens (tertiary/aromatic N) is 2. The van der Waals surface area contributed by atoms with E-state index in [0.717, 1.165) is 18.9 Å². The van der Waals surface area contributed by atoms with Gasteiger partial charge in [0.25, 0.3) is 0 Å². The van der Waals surface area contributed by atoms with Gasteiger partial charge in [0.05, 0.1) is 11.6 Å². The molecule has 0 spiro atoms. The van der Waals surface area contributed by atoms with Crippen molar-refractivity contribution in [3.63, 3.8) is 0 Å². The van der Waals surface area contributed by atoms with E-state index >= 15 is 0 Å². The smallest absolute Gasteiger partial charge is 0.403 e. The largest absolute Gasteiger partial charge is 0.573 e. The number of nitriles is 1. The molecule has 4 rings (SSSR count). The number of benzene rings is 1. The van der Waals surface area contributed by atoms with Gasteiger partial charge >= 0.3 is 6.36 Å². The molecule has 2 amide bonds. The van der Waals surface area contributed by atoms with Crippen molar-refractivity contribution in [3.05, 3.63) is 24.0 Å². The average Bonchev–Trinajstić information content (AvgIpc) is 3.34. The Morgan fingerprint density at radius 2 is 2.03 bits per heavy atom. The highest BCUT2D eigenvalue weighted by atomic mass is 19.4. The van der Waals surface area contributed by atoms with E-state index in [1.54, 1.807) is 0 Å². The Hall–Kier alpha value is -3.62. The van der Waals surface area contributed by atoms with Crippen LogP contribution in [0.3, 0.4) is 0 Å². The minimum atomic E-state index is -4.92. The average molecular weight is 491 g/mol. The molecule has 0 radical (unpaired) electrons. The van der Waals surface area contributed by atoms with Crippen LogP contribution in [0.4, 0.5) is 13.2 Å². The monoisotopic (exact) mass is 491 g/mol. The summed E-state index contributed by atoms with van der Waals surface area (Å²) in [5.41, 5.74) is 0.0495. The summed E-state index contributed by atoms with van der Waals surface area (Å²) in [6.45, 7) is 0.529. The van der Waals surface area contributed by atoms with Gasteiger partial charge in [0.2, 0.25) is 11.8 Å². The Morgan fingerprint density at radius 3 is 2.66 bits per heavy atom. The predicted molar refractivity (Wildman–Crippen MR) is 116 cm³/mol. The van der Waals surface area contributed by atoms with Gasteiger partial charge in [0, 0.05) is 24.8 Å². The Kier molecular flexibility index (Phi) is 6.95. The van der Waals surface area contributed by atoms with E-state index in [0.29, 0.717) is 25.3 Å². The zero-order valence-electron chi connectivity index (χ0n) is 18.7. The molecule has 1 aliphatic carbocycles. The number of nitrogens with one attached hydrogen (secondary N) is 3. The molecule has 1 aromatic heterocycles. The second-order valence-corrected chi connectivity index (χ2v) is 8.99. The number of imidazole rings is 1. The lowest BCUT2D eigenvalue weighted by molar-refractivity contribution is -0.274. The van der Waals surface area contributed by atoms with Crippen LogP contribution in [0.2, 0.25) is 0 Å². The maximum atomic E-state index is 13.0. The molecule has 1 aliphatic heterocycles. The summed E-state index contributed by atoms with van der Waals surface area (Å²) >= 11 is 0. The molecule has 0 bridgehead atoms. The quantitative estimate of drug-likeness (QED) is 0.437. The van der Waals surface area contributed by atoms with Crippen molar-refractivity contribution in [1.29, 1.82) is 5.26 Å². The van der Waals surface area contributed by atoms with Crippen LogP contribution in [0.5, 0.6) is 5.75 Å². The van der Waals surface area contributed by atoms with Gasteiger partial charge in [-0.3, -0.25) is 14.4 Å². The first-order chi connectivity index (χ1) is 16.6. The molecular formula is C23H24F3N5O4. The number of carbonyl (C=O) groups is 3. The number of amides is 2. The van der Waals surface area contributed by atoms with Crippen LogP contribution < -0.4 is 15.4 Å². The first-order valence-corrected chi connectivity index (χ1v) is 11.4. The fraction of sp³-hybridized carbons (Fsp3) is 0.522. The van der Waals surface area contributed by atoms with E-state index in [4.69, 9.17) is 0 Å². The van der Waals surface area contributed by atoms with Crippen LogP contribution in [0.1, 0.15) is 49.1 Å². The lowest BCUT2D eigenvalue weighted by Crippen LogP contribution is -2.40. The standard InChI is InChI=1S/C23H24F3N5O4/c24-23(25,26)35-18-3-1-2-16-19(18)31-20(30-16)17(32)10-14(8-12-4-5-12)22(34)29-15(11-27)9-13-6-7-28-21(13)33/h1-3,12-15H,4-10H2,(H,28,33)(H,29,34)(H,30,31). The minimum absolute atomic E-state index is 0.143. The van der Waals surface area contributed by atoms with Gasteiger partial charge in [-0.2, -0.15) is 5.26 Å². The van der Waals surface area contributed by atoms with Crippen molar-refractivity contribution >= 4 is 28.6 Å². The highest BCUT2D eigenvalue weighted by molar-refractivity contribution is 5.99. The third-order valence-corrected chi connectivity index (χ3v) is 6.24. The summed E-state index contributed by atoms with van der Waals surface area (Å²) in [5.74, 6) is -2.66. The Labute approximate surface area is 198 Å². The number of alkyl halides is 3. The van der Waals surface area contributed by atoms with Gasteiger partial charge < -0.3 is 20.4 Å². The molecular weight excluding hydrogens is 467 g/mol. The van der Waals surface area contributed by atoms with E-state index in [1.165, 1.54) is 12.1 Å². The van der Waals surface area contributed by atoms with Crippen LogP contribution in [-0.4, -0.2) is 46.5 Å². The van der Waals surface area contributed by atoms with Gasteiger partial charge in [0.1, 0.15) is 11.6 Å². The molecule has 2 aliphatic rings. The van der Waals surface area contributed by atoms with Crippen molar-refractivity contribution in [2.45, 2.75) is 50.9 Å². The van der Waals surface area contributed by atoms with Crippen molar-refractivity contribution in [1.82, 2.24) is 20.6 Å². The van der Waals surface area contributed by atoms with E-state index in [-0.39, 0.29) is 41.5 Å². The van der Waals surface area contributed by atoms with Crippen molar-refractivity contribution in [3.8, 4) is 11.8 Å². The van der Waals surface area contributed by atoms with Gasteiger partial charge in [-0.1, -0.05) is 18.9 Å². The number of aromatic amines is 1. The number of halogens is 3. The Morgan fingerprint density at radius 1 is 1.26 bits per heavy atom. The molecule has 1 saturated heterocycles. The number of Topliss-reactive ketones (excluding diaryl/α,β-unsaturated/α-hetero) is 1. The highest BCUT2D eigenvalue weighted by Crippen LogP contribution is 2.37. The first-order valence-electron chi connectivity index (χ1n) is 11.4. The number of ketones is 1. The molecule has 3 atom stereocenters. The van der Waals surface area contributed by atoms with Gasteiger partial charge in [-0.05, 0) is 37.3 Å². The zero-order chi connectivity index (χ0) is 25.2. The zero-order valence-corrected chi connectivity index (χ0v) is 18.7. The molecule has 3 unspecified atom stereocenters. The number of hydrogen-bond donors (Lipinski definition) is 3. The fourth-order valence-electron chi connectivity index (χ4n) is 4.29. The minimum Gasteiger partial charge on any atom is -0.403 e. The maximum absolute atomic E-state index is 13.0. The number of aromatic nitrogens is 2. The molecule has 9 nitrogen and oxygen atoms in total. The number of fused-ring (bicyclic) bond motifs is 1. The molecule has 12 heteroatoms. The lowest BCUT2D eigenvalue weighted by atomic mass is 9.93. The van der Waals surface area contributed by atoms with E-state index in [9.17, 15) is 32.8 Å². The van der Waals surface area contributed by atoms with Crippen LogP contribution in [0.15, 0.2) is 18.2 Å². The number of para-hydroxylation sites is 1. The second-order valence-electron chi connectivity index (χ2n) is 8.99. The number of ether oxygens (including phenoxy) is 1. The summed E-state index contributed by atoms with van der Waals surface area (Å²) in [6, 6.07) is 5.04. The normalized spacial score (nSPS) is 19.6. The number of hydrogen-bond acceptors (Lipinski definition) is 6. The molecule has 1 saturated carbocycles. The summed E-state index contributed by atoms with van der Waals surface area (Å²) < 4.78 is 42.1. The van der Waals surface area contributed by atoms with Gasteiger partial charge in [-0.25, -0.2) is 4.98 Å². The van der Waals surface area contributed by atoms with E-state index in [2.05, 4.69) is 25.3 Å². The lowest BCUT2D eigenvalue weighted by Gasteiger charge is -2.19. The Balaban J connectivity index is 1.46. The van der Waals surface area contributed by atoms with Gasteiger partial charge in [0.15, 0.2) is 17.4 Å². The maximum Gasteiger partial charge on any atom is 0.573 e. The van der Waals surface area contributed by atoms with Crippen molar-refractivity contribution < 1.29 is 32.3 Å². The molecule has 2 aromatic rings. The van der Waals surface area contributed by atoms with Gasteiger partial charge in [-0.15, -0.1) is 13.2 Å².